The zero-order chi connectivity index (χ0) is 25.2. The Kier molecular flexibility index (Phi) is 5.64. The van der Waals surface area contributed by atoms with Gasteiger partial charge in [-0.3, -0.25) is 24.1 Å². The number of phenolic OH excluding ortho intramolecular Hbond substituents is 1. The largest absolute Gasteiger partial charge is 0.511 e. The number of likely N-dealkylation sites (N-methyl/N-ethyl adjacent to an activating group) is 1. The Morgan fingerprint density at radius 3 is 2.32 bits per heavy atom. The summed E-state index contributed by atoms with van der Waals surface area (Å²) in [5.41, 5.74) is 6.18. The molecule has 4 rings (SSSR count). The van der Waals surface area contributed by atoms with E-state index in [2.05, 4.69) is 0 Å². The van der Waals surface area contributed by atoms with Crippen molar-refractivity contribution in [3.63, 3.8) is 0 Å². The molecule has 9 heteroatoms. The molecule has 0 radical (unpaired) electrons. The van der Waals surface area contributed by atoms with Crippen LogP contribution in [0.1, 0.15) is 52.1 Å². The second-order valence-corrected chi connectivity index (χ2v) is 9.50. The molecule has 0 aliphatic heterocycles. The molecular formula is C25H28N2O7. The lowest BCUT2D eigenvalue weighted by Gasteiger charge is -2.46. The van der Waals surface area contributed by atoms with Crippen molar-refractivity contribution in [1.82, 2.24) is 4.90 Å². The van der Waals surface area contributed by atoms with Gasteiger partial charge in [0.05, 0.1) is 23.1 Å². The Labute approximate surface area is 196 Å². The molecule has 1 unspecified atom stereocenters. The summed E-state index contributed by atoms with van der Waals surface area (Å²) in [6.07, 6.45) is 1.14. The number of phenols is 1. The number of allylic oxidation sites excluding steroid dienone is 2. The molecule has 1 aromatic rings. The van der Waals surface area contributed by atoms with Crippen molar-refractivity contribution < 1.29 is 34.5 Å². The van der Waals surface area contributed by atoms with E-state index in [4.69, 9.17) is 5.73 Å². The van der Waals surface area contributed by atoms with Crippen molar-refractivity contribution in [2.75, 3.05) is 14.1 Å². The molecular weight excluding hydrogens is 440 g/mol. The minimum Gasteiger partial charge on any atom is -0.511 e. The Morgan fingerprint density at radius 2 is 1.79 bits per heavy atom. The van der Waals surface area contributed by atoms with Crippen LogP contribution in [0, 0.1) is 17.8 Å². The first-order valence-corrected chi connectivity index (χ1v) is 11.2. The lowest BCUT2D eigenvalue weighted by molar-refractivity contribution is -0.127. The van der Waals surface area contributed by atoms with Gasteiger partial charge in [-0.2, -0.15) is 0 Å². The molecule has 0 heterocycles. The SMILES string of the molecule is CCc1cc(C(C)=O)c(O)c2c1C[C@H]1C[C@@H]3C(C(=O)C(C(N)=O)=C(O)[C@H]3N(C)C)C(O)=C1C2=O. The number of nitrogens with zero attached hydrogens (tertiary/aromatic N) is 1. The van der Waals surface area contributed by atoms with Gasteiger partial charge in [0.2, 0.25) is 0 Å². The molecule has 0 spiro atoms. The van der Waals surface area contributed by atoms with E-state index in [-0.39, 0.29) is 23.1 Å². The van der Waals surface area contributed by atoms with Crippen LogP contribution in [0.2, 0.25) is 0 Å². The predicted octanol–water partition coefficient (Wildman–Crippen LogP) is 1.77. The number of fused-ring (bicyclic) bond motifs is 3. The fourth-order valence-corrected chi connectivity index (χ4v) is 6.00. The number of ketones is 3. The van der Waals surface area contributed by atoms with Gasteiger partial charge < -0.3 is 21.1 Å². The number of carbonyl (C=O) groups is 4. The number of hydrogen-bond acceptors (Lipinski definition) is 8. The molecule has 0 aromatic heterocycles. The fraction of sp³-hybridized carbons (Fsp3) is 0.440. The summed E-state index contributed by atoms with van der Waals surface area (Å²) in [6.45, 7) is 3.18. The Hall–Kier alpha value is -3.46. The number of benzene rings is 1. The van der Waals surface area contributed by atoms with Gasteiger partial charge in [-0.15, -0.1) is 0 Å². The van der Waals surface area contributed by atoms with Gasteiger partial charge in [0.25, 0.3) is 5.91 Å². The van der Waals surface area contributed by atoms with Gasteiger partial charge in [-0.05, 0) is 69.3 Å². The number of aryl methyl sites for hydroxylation is 1. The molecule has 34 heavy (non-hydrogen) atoms. The molecule has 1 amide bonds. The number of aromatic hydroxyl groups is 1. The Bertz CT molecular complexity index is 1220. The van der Waals surface area contributed by atoms with Crippen LogP contribution in [-0.4, -0.2) is 63.6 Å². The highest BCUT2D eigenvalue weighted by atomic mass is 16.3. The van der Waals surface area contributed by atoms with Crippen LogP contribution in [0.3, 0.4) is 0 Å². The first-order valence-electron chi connectivity index (χ1n) is 11.2. The van der Waals surface area contributed by atoms with Crippen LogP contribution in [0.4, 0.5) is 0 Å². The predicted molar refractivity (Wildman–Crippen MR) is 122 cm³/mol. The monoisotopic (exact) mass is 468 g/mol. The van der Waals surface area contributed by atoms with E-state index in [0.717, 1.165) is 5.56 Å². The van der Waals surface area contributed by atoms with Crippen molar-refractivity contribution in [2.24, 2.45) is 23.5 Å². The molecule has 3 aliphatic rings. The van der Waals surface area contributed by atoms with Crippen molar-refractivity contribution in [1.29, 1.82) is 0 Å². The van der Waals surface area contributed by atoms with Crippen molar-refractivity contribution in [2.45, 2.75) is 39.2 Å². The smallest absolute Gasteiger partial charge is 0.255 e. The summed E-state index contributed by atoms with van der Waals surface area (Å²) < 4.78 is 0. The van der Waals surface area contributed by atoms with Crippen LogP contribution >= 0.6 is 0 Å². The highest BCUT2D eigenvalue weighted by molar-refractivity contribution is 6.22. The zero-order valence-electron chi connectivity index (χ0n) is 19.5. The van der Waals surface area contributed by atoms with E-state index in [9.17, 15) is 34.5 Å². The van der Waals surface area contributed by atoms with Gasteiger partial charge in [-0.25, -0.2) is 0 Å². The number of amides is 1. The van der Waals surface area contributed by atoms with Crippen molar-refractivity contribution in [3.8, 4) is 5.75 Å². The van der Waals surface area contributed by atoms with E-state index in [0.29, 0.717) is 18.4 Å². The molecule has 3 aliphatic carbocycles. The molecule has 5 N–H and O–H groups in total. The van der Waals surface area contributed by atoms with E-state index in [1.807, 2.05) is 6.92 Å². The van der Waals surface area contributed by atoms with Gasteiger partial charge in [0.1, 0.15) is 22.8 Å². The normalized spacial score (nSPS) is 26.4. The molecule has 1 aromatic carbocycles. The molecule has 0 saturated carbocycles. The van der Waals surface area contributed by atoms with Gasteiger partial charge in [0.15, 0.2) is 17.3 Å². The molecule has 0 fully saturated rings. The van der Waals surface area contributed by atoms with Crippen LogP contribution in [0.15, 0.2) is 28.7 Å². The quantitative estimate of drug-likeness (QED) is 0.384. The number of aliphatic hydroxyl groups excluding tert-OH is 2. The number of primary amides is 1. The van der Waals surface area contributed by atoms with Crippen LogP contribution in [0.5, 0.6) is 5.75 Å². The third kappa shape index (κ3) is 3.18. The summed E-state index contributed by atoms with van der Waals surface area (Å²) in [5, 5.41) is 32.8. The van der Waals surface area contributed by atoms with Gasteiger partial charge >= 0.3 is 0 Å². The van der Waals surface area contributed by atoms with Crippen LogP contribution in [-0.2, 0) is 22.4 Å². The van der Waals surface area contributed by atoms with E-state index < -0.39 is 69.9 Å². The number of Topliss-reactive ketones (excluding diaryl/α,β-unsaturated/α-hetero) is 3. The minimum absolute atomic E-state index is 0.00266. The van der Waals surface area contributed by atoms with E-state index >= 15 is 0 Å². The summed E-state index contributed by atoms with van der Waals surface area (Å²) >= 11 is 0. The summed E-state index contributed by atoms with van der Waals surface area (Å²) in [5.74, 6) is -6.58. The number of carbonyl (C=O) groups excluding carboxylic acids is 4. The Balaban J connectivity index is 1.94. The summed E-state index contributed by atoms with van der Waals surface area (Å²) in [7, 11) is 3.36. The fourth-order valence-electron chi connectivity index (χ4n) is 6.00. The molecule has 9 nitrogen and oxygen atoms in total. The summed E-state index contributed by atoms with van der Waals surface area (Å²) in [4.78, 5) is 52.6. The first-order chi connectivity index (χ1) is 15.9. The van der Waals surface area contributed by atoms with Crippen molar-refractivity contribution in [3.05, 3.63) is 51.0 Å². The van der Waals surface area contributed by atoms with Crippen LogP contribution < -0.4 is 5.73 Å². The molecule has 0 saturated heterocycles. The lowest BCUT2D eigenvalue weighted by atomic mass is 9.60. The molecule has 180 valence electrons. The second-order valence-electron chi connectivity index (χ2n) is 9.50. The molecule has 4 atom stereocenters. The van der Waals surface area contributed by atoms with Gasteiger partial charge in [0, 0.05) is 5.57 Å². The highest BCUT2D eigenvalue weighted by Crippen LogP contribution is 2.51. The average Bonchev–Trinajstić information content (AvgIpc) is 2.72. The number of aliphatic hydroxyl groups is 2. The number of hydrogen-bond donors (Lipinski definition) is 4. The minimum atomic E-state index is -1.23. The topological polar surface area (TPSA) is 158 Å². The lowest BCUT2D eigenvalue weighted by Crippen LogP contribution is -2.53. The third-order valence-corrected chi connectivity index (χ3v) is 7.42. The first kappa shape index (κ1) is 23.7. The van der Waals surface area contributed by atoms with Crippen LogP contribution in [0.25, 0.3) is 0 Å². The zero-order valence-corrected chi connectivity index (χ0v) is 19.5. The average molecular weight is 469 g/mol. The maximum absolute atomic E-state index is 13.6. The maximum Gasteiger partial charge on any atom is 0.255 e. The maximum atomic E-state index is 13.6. The van der Waals surface area contributed by atoms with E-state index in [1.165, 1.54) is 6.92 Å². The number of nitrogens with two attached hydrogens (primary N) is 1. The standard InChI is InChI=1S/C25H28N2O7/c1-5-10-6-12(9(2)28)20(29)16-13(10)7-11-8-14-17(22(31)15(11)21(16)30)23(32)18(25(26)34)24(33)19(14)27(3)4/h6,11,14,17,19,29,31,33H,5,7-8H2,1-4H3,(H2,26,34)/t11-,14+,17?,19-/m0/s1. The summed E-state index contributed by atoms with van der Waals surface area (Å²) in [6, 6.07) is 0.842. The third-order valence-electron chi connectivity index (χ3n) is 7.42. The Morgan fingerprint density at radius 1 is 1.15 bits per heavy atom. The number of rotatable bonds is 4. The molecule has 0 bridgehead atoms. The van der Waals surface area contributed by atoms with Crippen molar-refractivity contribution >= 4 is 23.3 Å². The highest BCUT2D eigenvalue weighted by Gasteiger charge is 2.54. The second kappa shape index (κ2) is 8.09. The van der Waals surface area contributed by atoms with Gasteiger partial charge in [-0.1, -0.05) is 6.92 Å². The van der Waals surface area contributed by atoms with E-state index in [1.54, 1.807) is 25.1 Å².